The molecule has 1 fully saturated rings. The highest BCUT2D eigenvalue weighted by Crippen LogP contribution is 2.36. The van der Waals surface area contributed by atoms with Crippen molar-refractivity contribution < 1.29 is 27.6 Å². The highest BCUT2D eigenvalue weighted by atomic mass is 19.4. The Morgan fingerprint density at radius 1 is 1.10 bits per heavy atom. The maximum Gasteiger partial charge on any atom is 0.418 e. The van der Waals surface area contributed by atoms with Gasteiger partial charge in [0.15, 0.2) is 0 Å². The van der Waals surface area contributed by atoms with E-state index in [-0.39, 0.29) is 23.8 Å². The predicted molar refractivity (Wildman–Crippen MR) is 104 cm³/mol. The van der Waals surface area contributed by atoms with Crippen molar-refractivity contribution in [1.82, 2.24) is 10.2 Å². The number of piperazine rings is 1. The monoisotopic (exact) mass is 420 g/mol. The van der Waals surface area contributed by atoms with Gasteiger partial charge in [0.2, 0.25) is 11.8 Å². The molecule has 0 unspecified atom stereocenters. The quantitative estimate of drug-likeness (QED) is 0.693. The third-order valence-electron chi connectivity index (χ3n) is 4.44. The normalized spacial score (nSPS) is 14.1. The van der Waals surface area contributed by atoms with Crippen LogP contribution in [0.25, 0.3) is 0 Å². The van der Waals surface area contributed by atoms with Gasteiger partial charge in [-0.25, -0.2) is 0 Å². The van der Waals surface area contributed by atoms with Crippen LogP contribution in [-0.2, 0) is 15.8 Å². The second-order valence-corrected chi connectivity index (χ2v) is 6.60. The molecule has 30 heavy (non-hydrogen) atoms. The van der Waals surface area contributed by atoms with Gasteiger partial charge in [0, 0.05) is 30.0 Å². The molecule has 0 aromatic heterocycles. The second kappa shape index (κ2) is 8.85. The van der Waals surface area contributed by atoms with Crippen molar-refractivity contribution >= 4 is 29.1 Å². The van der Waals surface area contributed by atoms with Crippen molar-refractivity contribution in [3.05, 3.63) is 59.7 Å². The topological polar surface area (TPSA) is 90.5 Å². The molecular weight excluding hydrogens is 401 g/mol. The zero-order valence-corrected chi connectivity index (χ0v) is 15.8. The highest BCUT2D eigenvalue weighted by molar-refractivity contribution is 6.04. The van der Waals surface area contributed by atoms with E-state index in [1.807, 2.05) is 0 Å². The van der Waals surface area contributed by atoms with Crippen LogP contribution in [0.2, 0.25) is 0 Å². The summed E-state index contributed by atoms with van der Waals surface area (Å²) in [5.74, 6) is -1.34. The second-order valence-electron chi connectivity index (χ2n) is 6.60. The first-order valence-electron chi connectivity index (χ1n) is 9.10. The van der Waals surface area contributed by atoms with Crippen LogP contribution in [-0.4, -0.2) is 48.8 Å². The van der Waals surface area contributed by atoms with Crippen LogP contribution in [0.3, 0.4) is 0 Å². The molecule has 3 amide bonds. The first-order chi connectivity index (χ1) is 14.2. The lowest BCUT2D eigenvalue weighted by Crippen LogP contribution is -2.51. The number of rotatable bonds is 5. The zero-order chi connectivity index (χ0) is 21.7. The molecule has 1 aliphatic heterocycles. The molecule has 0 spiro atoms. The number of benzene rings is 2. The van der Waals surface area contributed by atoms with E-state index in [0.29, 0.717) is 18.7 Å². The fourth-order valence-corrected chi connectivity index (χ4v) is 2.94. The fourth-order valence-electron chi connectivity index (χ4n) is 2.94. The molecule has 1 heterocycles. The molecule has 0 aliphatic carbocycles. The number of nitrogens with one attached hydrogen (secondary N) is 3. The number of hydrogen-bond acceptors (Lipinski definition) is 4. The van der Waals surface area contributed by atoms with Crippen molar-refractivity contribution in [2.45, 2.75) is 6.18 Å². The van der Waals surface area contributed by atoms with Gasteiger partial charge in [-0.3, -0.25) is 14.4 Å². The van der Waals surface area contributed by atoms with Gasteiger partial charge < -0.3 is 20.9 Å². The van der Waals surface area contributed by atoms with Gasteiger partial charge in [0.05, 0.1) is 18.7 Å². The molecule has 158 valence electrons. The third-order valence-corrected chi connectivity index (χ3v) is 4.44. The molecule has 0 bridgehead atoms. The molecule has 0 saturated carbocycles. The van der Waals surface area contributed by atoms with Gasteiger partial charge >= 0.3 is 6.18 Å². The summed E-state index contributed by atoms with van der Waals surface area (Å²) in [7, 11) is 0. The average Bonchev–Trinajstić information content (AvgIpc) is 2.72. The summed E-state index contributed by atoms with van der Waals surface area (Å²) in [4.78, 5) is 37.0. The van der Waals surface area contributed by atoms with Gasteiger partial charge in [-0.1, -0.05) is 18.2 Å². The number of halogens is 3. The van der Waals surface area contributed by atoms with Crippen LogP contribution in [0.15, 0.2) is 48.5 Å². The van der Waals surface area contributed by atoms with Gasteiger partial charge in [0.1, 0.15) is 0 Å². The highest BCUT2D eigenvalue weighted by Gasteiger charge is 2.34. The predicted octanol–water partition coefficient (Wildman–Crippen LogP) is 2.33. The Labute approximate surface area is 170 Å². The summed E-state index contributed by atoms with van der Waals surface area (Å²) in [6.45, 7) is 0.0696. The number of nitrogens with zero attached hydrogens (tertiary/aromatic N) is 1. The van der Waals surface area contributed by atoms with E-state index in [1.165, 1.54) is 11.0 Å². The Morgan fingerprint density at radius 3 is 2.50 bits per heavy atom. The van der Waals surface area contributed by atoms with Crippen molar-refractivity contribution in [3.63, 3.8) is 0 Å². The maximum absolute atomic E-state index is 13.5. The van der Waals surface area contributed by atoms with Crippen LogP contribution in [0.5, 0.6) is 0 Å². The van der Waals surface area contributed by atoms with Crippen LogP contribution >= 0.6 is 0 Å². The van der Waals surface area contributed by atoms with E-state index in [2.05, 4.69) is 16.0 Å². The first-order valence-corrected chi connectivity index (χ1v) is 9.10. The standard InChI is InChI=1S/C20H19F3N4O3/c21-20(22,23)15-10-14(26-19(30)13-4-2-1-3-5-13)6-7-16(15)25-11-18(29)27-9-8-24-17(28)12-27/h1-7,10,25H,8-9,11-12H2,(H,24,28)(H,26,30). The van der Waals surface area contributed by atoms with E-state index < -0.39 is 30.1 Å². The Morgan fingerprint density at radius 2 is 1.83 bits per heavy atom. The van der Waals surface area contributed by atoms with Crippen LogP contribution in [0, 0.1) is 0 Å². The van der Waals surface area contributed by atoms with Crippen molar-refractivity contribution in [2.24, 2.45) is 0 Å². The number of hydrogen-bond donors (Lipinski definition) is 3. The average molecular weight is 420 g/mol. The molecule has 10 heteroatoms. The van der Waals surface area contributed by atoms with Crippen molar-refractivity contribution in [2.75, 3.05) is 36.8 Å². The lowest BCUT2D eigenvalue weighted by atomic mass is 10.1. The lowest BCUT2D eigenvalue weighted by Gasteiger charge is -2.27. The van der Waals surface area contributed by atoms with Crippen molar-refractivity contribution in [1.29, 1.82) is 0 Å². The Kier molecular flexibility index (Phi) is 6.24. The van der Waals surface area contributed by atoms with Crippen LogP contribution < -0.4 is 16.0 Å². The Balaban J connectivity index is 1.72. The van der Waals surface area contributed by atoms with E-state index >= 15 is 0 Å². The van der Waals surface area contributed by atoms with Gasteiger partial charge in [-0.2, -0.15) is 13.2 Å². The molecule has 1 saturated heterocycles. The smallest absolute Gasteiger partial charge is 0.376 e. The summed E-state index contributed by atoms with van der Waals surface area (Å²) in [5.41, 5.74) is -1.03. The Hall–Kier alpha value is -3.56. The third kappa shape index (κ3) is 5.28. The maximum atomic E-state index is 13.5. The Bertz CT molecular complexity index is 948. The number of amides is 3. The molecule has 0 radical (unpaired) electrons. The summed E-state index contributed by atoms with van der Waals surface area (Å²) in [6, 6.07) is 11.4. The molecule has 7 nitrogen and oxygen atoms in total. The van der Waals surface area contributed by atoms with Gasteiger partial charge in [0.25, 0.3) is 5.91 Å². The molecule has 3 N–H and O–H groups in total. The van der Waals surface area contributed by atoms with E-state index in [0.717, 1.165) is 12.1 Å². The minimum atomic E-state index is -4.70. The molecule has 3 rings (SSSR count). The summed E-state index contributed by atoms with van der Waals surface area (Å²) >= 11 is 0. The van der Waals surface area contributed by atoms with E-state index in [9.17, 15) is 27.6 Å². The minimum Gasteiger partial charge on any atom is -0.376 e. The van der Waals surface area contributed by atoms with Crippen LogP contribution in [0.1, 0.15) is 15.9 Å². The van der Waals surface area contributed by atoms with E-state index in [1.54, 1.807) is 30.3 Å². The van der Waals surface area contributed by atoms with Gasteiger partial charge in [-0.15, -0.1) is 0 Å². The molecule has 1 aliphatic rings. The number of alkyl halides is 3. The largest absolute Gasteiger partial charge is 0.418 e. The van der Waals surface area contributed by atoms with Crippen LogP contribution in [0.4, 0.5) is 24.5 Å². The summed E-state index contributed by atoms with van der Waals surface area (Å²) in [5, 5.41) is 7.49. The number of anilines is 2. The fraction of sp³-hybridized carbons (Fsp3) is 0.250. The van der Waals surface area contributed by atoms with Crippen molar-refractivity contribution in [3.8, 4) is 0 Å². The summed E-state index contributed by atoms with van der Waals surface area (Å²) < 4.78 is 40.6. The summed E-state index contributed by atoms with van der Waals surface area (Å²) in [6.07, 6.45) is -4.70. The van der Waals surface area contributed by atoms with E-state index in [4.69, 9.17) is 0 Å². The lowest BCUT2D eigenvalue weighted by molar-refractivity contribution is -0.137. The number of carbonyl (C=O) groups excluding carboxylic acids is 3. The minimum absolute atomic E-state index is 0.0271. The molecular formula is C20H19F3N4O3. The zero-order valence-electron chi connectivity index (χ0n) is 15.8. The molecule has 2 aromatic rings. The SMILES string of the molecule is O=C1CN(C(=O)CNc2ccc(NC(=O)c3ccccc3)cc2C(F)(F)F)CCN1. The molecule has 0 atom stereocenters. The van der Waals surface area contributed by atoms with Gasteiger partial charge in [-0.05, 0) is 30.3 Å². The molecule has 2 aromatic carbocycles. The first kappa shape index (κ1) is 21.2. The number of carbonyl (C=O) groups is 3.